The Morgan fingerprint density at radius 2 is 2.00 bits per heavy atom. The molecule has 0 aliphatic heterocycles. The van der Waals surface area contributed by atoms with Gasteiger partial charge in [0.05, 0.1) is 6.21 Å². The maximum Gasteiger partial charge on any atom is 0.329 e. The lowest BCUT2D eigenvalue weighted by Gasteiger charge is -2.04. The molecule has 1 aromatic carbocycles. The number of hydrazone groups is 1. The molecule has 0 bridgehead atoms. The van der Waals surface area contributed by atoms with Crippen LogP contribution in [-0.4, -0.2) is 18.1 Å². The Hall–Kier alpha value is -1.79. The second-order valence-corrected chi connectivity index (χ2v) is 4.02. The minimum atomic E-state index is -0.563. The normalized spacial score (nSPS) is 10.2. The first kappa shape index (κ1) is 14.3. The zero-order valence-electron chi connectivity index (χ0n) is 9.33. The average molecular weight is 289 g/mol. The highest BCUT2D eigenvalue weighted by atomic mass is 35.5. The van der Waals surface area contributed by atoms with Crippen molar-refractivity contribution in [3.8, 4) is 0 Å². The molecule has 0 atom stereocenters. The number of rotatable bonds is 2. The van der Waals surface area contributed by atoms with E-state index in [1.54, 1.807) is 18.2 Å². The van der Waals surface area contributed by atoms with Crippen LogP contribution < -0.4 is 10.9 Å². The topological polar surface area (TPSA) is 86.6 Å². The van der Waals surface area contributed by atoms with Gasteiger partial charge in [-0.05, 0) is 23.8 Å². The van der Waals surface area contributed by atoms with Crippen LogP contribution in [0.3, 0.4) is 0 Å². The van der Waals surface area contributed by atoms with Crippen molar-refractivity contribution in [3.63, 3.8) is 0 Å². The Labute approximate surface area is 113 Å². The van der Waals surface area contributed by atoms with Crippen LogP contribution in [0.15, 0.2) is 23.3 Å². The Morgan fingerprint density at radius 1 is 1.39 bits per heavy atom. The van der Waals surface area contributed by atoms with Gasteiger partial charge < -0.3 is 4.84 Å². The van der Waals surface area contributed by atoms with Gasteiger partial charge in [0, 0.05) is 17.0 Å². The summed E-state index contributed by atoms with van der Waals surface area (Å²) in [4.78, 5) is 14.8. The fourth-order valence-electron chi connectivity index (χ4n) is 0.967. The summed E-state index contributed by atoms with van der Waals surface area (Å²) < 4.78 is 0. The smallest absolute Gasteiger partial charge is 0.329 e. The maximum atomic E-state index is 10.4. The van der Waals surface area contributed by atoms with Crippen LogP contribution in [0.2, 0.25) is 10.0 Å². The molecule has 0 aliphatic rings. The van der Waals surface area contributed by atoms with Gasteiger partial charge in [-0.25, -0.2) is 5.43 Å². The van der Waals surface area contributed by atoms with Crippen LogP contribution in [0.4, 0.5) is 0 Å². The van der Waals surface area contributed by atoms with Gasteiger partial charge >= 0.3 is 5.97 Å². The first-order valence-electron chi connectivity index (χ1n) is 4.74. The molecule has 0 aliphatic carbocycles. The van der Waals surface area contributed by atoms with E-state index in [1.165, 1.54) is 13.1 Å². The minimum absolute atomic E-state index is 0.283. The van der Waals surface area contributed by atoms with Crippen LogP contribution in [-0.2, 0) is 9.63 Å². The molecule has 0 saturated heterocycles. The average Bonchev–Trinajstić information content (AvgIpc) is 2.25. The largest absolute Gasteiger partial charge is 0.341 e. The molecule has 18 heavy (non-hydrogen) atoms. The molecule has 0 amide bonds. The number of hydroxylamine groups is 1. The van der Waals surface area contributed by atoms with E-state index in [1.807, 2.05) is 5.48 Å². The van der Waals surface area contributed by atoms with Gasteiger partial charge in [0.1, 0.15) is 0 Å². The zero-order valence-corrected chi connectivity index (χ0v) is 10.8. The molecule has 0 heterocycles. The first-order valence-corrected chi connectivity index (χ1v) is 5.50. The number of hydrogen-bond acceptors (Lipinski definition) is 4. The Kier molecular flexibility index (Phi) is 5.41. The van der Waals surface area contributed by atoms with Crippen molar-refractivity contribution in [1.82, 2.24) is 10.9 Å². The standard InChI is InChI=1S/C10H10Cl2N4O2/c1-6(17)18-16-10(13)15-14-5-7-2-8(11)4-9(12)3-7/h2-5H,1H3,(H3,13,15,16). The highest BCUT2D eigenvalue weighted by Gasteiger charge is 1.97. The van der Waals surface area contributed by atoms with Crippen molar-refractivity contribution in [2.45, 2.75) is 6.92 Å². The van der Waals surface area contributed by atoms with Crippen LogP contribution in [0, 0.1) is 5.41 Å². The van der Waals surface area contributed by atoms with Gasteiger partial charge in [-0.2, -0.15) is 10.6 Å². The fraction of sp³-hybridized carbons (Fsp3) is 0.100. The van der Waals surface area contributed by atoms with Crippen molar-refractivity contribution < 1.29 is 9.63 Å². The second-order valence-electron chi connectivity index (χ2n) is 3.14. The third-order valence-corrected chi connectivity index (χ3v) is 2.01. The van der Waals surface area contributed by atoms with Crippen molar-refractivity contribution in [1.29, 1.82) is 5.41 Å². The first-order chi connectivity index (χ1) is 8.47. The summed E-state index contributed by atoms with van der Waals surface area (Å²) in [6.45, 7) is 1.21. The molecule has 8 heteroatoms. The molecular formula is C10H10Cl2N4O2. The molecule has 0 unspecified atom stereocenters. The van der Waals surface area contributed by atoms with Crippen LogP contribution in [0.5, 0.6) is 0 Å². The molecule has 6 nitrogen and oxygen atoms in total. The summed E-state index contributed by atoms with van der Waals surface area (Å²) >= 11 is 11.6. The molecule has 1 aromatic rings. The van der Waals surface area contributed by atoms with E-state index in [2.05, 4.69) is 15.4 Å². The van der Waals surface area contributed by atoms with Crippen molar-refractivity contribution in [2.24, 2.45) is 5.10 Å². The Morgan fingerprint density at radius 3 is 2.56 bits per heavy atom. The lowest BCUT2D eigenvalue weighted by molar-refractivity contribution is -0.145. The summed E-state index contributed by atoms with van der Waals surface area (Å²) in [7, 11) is 0. The highest BCUT2D eigenvalue weighted by molar-refractivity contribution is 6.35. The van der Waals surface area contributed by atoms with Crippen LogP contribution >= 0.6 is 23.2 Å². The van der Waals surface area contributed by atoms with Crippen molar-refractivity contribution in [3.05, 3.63) is 33.8 Å². The molecule has 0 fully saturated rings. The van der Waals surface area contributed by atoms with Gasteiger partial charge in [-0.15, -0.1) is 0 Å². The van der Waals surface area contributed by atoms with E-state index in [-0.39, 0.29) is 5.96 Å². The molecule has 0 saturated carbocycles. The van der Waals surface area contributed by atoms with Gasteiger partial charge in [-0.3, -0.25) is 10.2 Å². The quantitative estimate of drug-likeness (QED) is 0.441. The maximum absolute atomic E-state index is 10.4. The SMILES string of the molecule is CC(=O)ONC(=N)NN=Cc1cc(Cl)cc(Cl)c1. The third kappa shape index (κ3) is 5.51. The van der Waals surface area contributed by atoms with Crippen molar-refractivity contribution in [2.75, 3.05) is 0 Å². The molecule has 96 valence electrons. The summed E-state index contributed by atoms with van der Waals surface area (Å²) in [5.41, 5.74) is 5.02. The molecule has 0 aromatic heterocycles. The lowest BCUT2D eigenvalue weighted by atomic mass is 10.2. The molecule has 0 spiro atoms. The number of hydrogen-bond donors (Lipinski definition) is 3. The number of benzene rings is 1. The molecule has 0 radical (unpaired) electrons. The number of carbonyl (C=O) groups excluding carboxylic acids is 1. The van der Waals surface area contributed by atoms with E-state index in [0.29, 0.717) is 15.6 Å². The highest BCUT2D eigenvalue weighted by Crippen LogP contribution is 2.17. The van der Waals surface area contributed by atoms with E-state index >= 15 is 0 Å². The van der Waals surface area contributed by atoms with Crippen LogP contribution in [0.25, 0.3) is 0 Å². The predicted molar refractivity (Wildman–Crippen MR) is 69.8 cm³/mol. The summed E-state index contributed by atoms with van der Waals surface area (Å²) in [6.07, 6.45) is 1.42. The summed E-state index contributed by atoms with van der Waals surface area (Å²) in [5, 5.41) is 12.0. The third-order valence-electron chi connectivity index (χ3n) is 1.57. The Balaban J connectivity index is 2.49. The van der Waals surface area contributed by atoms with E-state index < -0.39 is 5.97 Å². The van der Waals surface area contributed by atoms with Crippen molar-refractivity contribution >= 4 is 41.3 Å². The fourth-order valence-corrected chi connectivity index (χ4v) is 1.51. The second kappa shape index (κ2) is 6.83. The van der Waals surface area contributed by atoms with E-state index in [9.17, 15) is 4.79 Å². The number of guanidine groups is 1. The lowest BCUT2D eigenvalue weighted by Crippen LogP contribution is -2.34. The number of nitrogens with zero attached hydrogens (tertiary/aromatic N) is 1. The monoisotopic (exact) mass is 288 g/mol. The zero-order chi connectivity index (χ0) is 13.5. The van der Waals surface area contributed by atoms with Gasteiger partial charge in [0.2, 0.25) is 5.96 Å². The predicted octanol–water partition coefficient (Wildman–Crippen LogP) is 1.92. The number of halogens is 2. The van der Waals surface area contributed by atoms with Gasteiger partial charge in [0.25, 0.3) is 0 Å². The Bertz CT molecular complexity index is 471. The van der Waals surface area contributed by atoms with Gasteiger partial charge in [-0.1, -0.05) is 23.2 Å². The summed E-state index contributed by atoms with van der Waals surface area (Å²) in [6, 6.07) is 4.90. The molecular weight excluding hydrogens is 279 g/mol. The molecule has 3 N–H and O–H groups in total. The van der Waals surface area contributed by atoms with Crippen LogP contribution in [0.1, 0.15) is 12.5 Å². The van der Waals surface area contributed by atoms with E-state index in [4.69, 9.17) is 28.6 Å². The van der Waals surface area contributed by atoms with Gasteiger partial charge in [0.15, 0.2) is 0 Å². The minimum Gasteiger partial charge on any atom is -0.341 e. The number of nitrogens with one attached hydrogen (secondary N) is 3. The molecule has 1 rings (SSSR count). The summed E-state index contributed by atoms with van der Waals surface area (Å²) in [5.74, 6) is -0.846. The van der Waals surface area contributed by atoms with E-state index in [0.717, 1.165) is 0 Å². The number of carbonyl (C=O) groups is 1.